The van der Waals surface area contributed by atoms with E-state index < -0.39 is 23.5 Å². The average molecular weight is 429 g/mol. The minimum atomic E-state index is -0.598. The quantitative estimate of drug-likeness (QED) is 0.291. The standard InChI is InChI=1S/C17H21ClN4O5S/c1-8-12(7-26-10(3)23)27-17(9(2)14(8)21-22-19)28-13-5-11(18)6-20-15(13)16(24)25-4/h5-6,8-9,12,14,17H,7H2,1-4H3/t8-,9?,12?,14-,17+/m0/s1. The van der Waals surface area contributed by atoms with E-state index in [0.717, 1.165) is 0 Å². The van der Waals surface area contributed by atoms with E-state index in [0.29, 0.717) is 9.92 Å². The molecule has 0 bridgehead atoms. The summed E-state index contributed by atoms with van der Waals surface area (Å²) in [5.41, 5.74) is 8.58. The molecule has 28 heavy (non-hydrogen) atoms. The van der Waals surface area contributed by atoms with Crippen molar-refractivity contribution in [3.63, 3.8) is 0 Å². The van der Waals surface area contributed by atoms with Crippen LogP contribution in [0.1, 0.15) is 31.3 Å². The number of pyridine rings is 1. The predicted molar refractivity (Wildman–Crippen MR) is 103 cm³/mol. The maximum Gasteiger partial charge on any atom is 0.357 e. The highest BCUT2D eigenvalue weighted by atomic mass is 35.5. The molecule has 0 radical (unpaired) electrons. The molecule has 2 unspecified atom stereocenters. The number of methoxy groups -OCH3 is 1. The SMILES string of the molecule is COC(=O)c1ncc(Cl)cc1S[C@H]1OC(COC(C)=O)[C@H](C)[C@H](N=[N+]=[N-])C1C. The number of ether oxygens (including phenoxy) is 3. The molecule has 0 aromatic carbocycles. The van der Waals surface area contributed by atoms with Gasteiger partial charge in [-0.15, -0.1) is 0 Å². The molecule has 1 aromatic heterocycles. The molecule has 0 N–H and O–H groups in total. The molecule has 11 heteroatoms. The molecule has 0 saturated carbocycles. The van der Waals surface area contributed by atoms with Crippen molar-refractivity contribution in [2.24, 2.45) is 17.0 Å². The second-order valence-corrected chi connectivity index (χ2v) is 7.95. The van der Waals surface area contributed by atoms with Crippen LogP contribution in [0.25, 0.3) is 10.4 Å². The molecule has 2 rings (SSSR count). The van der Waals surface area contributed by atoms with Crippen LogP contribution in [-0.2, 0) is 19.0 Å². The lowest BCUT2D eigenvalue weighted by atomic mass is 9.85. The molecule has 1 aliphatic heterocycles. The van der Waals surface area contributed by atoms with Crippen molar-refractivity contribution in [1.29, 1.82) is 0 Å². The van der Waals surface area contributed by atoms with E-state index >= 15 is 0 Å². The molecule has 1 saturated heterocycles. The van der Waals surface area contributed by atoms with Crippen molar-refractivity contribution in [3.05, 3.63) is 33.4 Å². The van der Waals surface area contributed by atoms with E-state index in [9.17, 15) is 9.59 Å². The van der Waals surface area contributed by atoms with Gasteiger partial charge in [-0.3, -0.25) is 4.79 Å². The minimum Gasteiger partial charge on any atom is -0.464 e. The lowest BCUT2D eigenvalue weighted by Crippen LogP contribution is -2.48. The molecular formula is C17H21ClN4O5S. The number of carbonyl (C=O) groups is 2. The van der Waals surface area contributed by atoms with Gasteiger partial charge in [-0.2, -0.15) is 0 Å². The van der Waals surface area contributed by atoms with Gasteiger partial charge < -0.3 is 14.2 Å². The summed E-state index contributed by atoms with van der Waals surface area (Å²) in [7, 11) is 1.27. The van der Waals surface area contributed by atoms with Crippen LogP contribution in [0.15, 0.2) is 22.3 Å². The van der Waals surface area contributed by atoms with Crippen molar-refractivity contribution in [2.75, 3.05) is 13.7 Å². The summed E-state index contributed by atoms with van der Waals surface area (Å²) in [5, 5.41) is 4.28. The summed E-state index contributed by atoms with van der Waals surface area (Å²) in [6.07, 6.45) is 0.888. The highest BCUT2D eigenvalue weighted by molar-refractivity contribution is 7.99. The van der Waals surface area contributed by atoms with E-state index in [-0.39, 0.29) is 30.2 Å². The smallest absolute Gasteiger partial charge is 0.357 e. The summed E-state index contributed by atoms with van der Waals surface area (Å²) < 4.78 is 16.0. The number of azide groups is 1. The monoisotopic (exact) mass is 428 g/mol. The van der Waals surface area contributed by atoms with E-state index in [1.165, 1.54) is 32.0 Å². The van der Waals surface area contributed by atoms with Crippen molar-refractivity contribution in [2.45, 2.75) is 43.2 Å². The average Bonchev–Trinajstić information content (AvgIpc) is 2.65. The van der Waals surface area contributed by atoms with Crippen molar-refractivity contribution < 1.29 is 23.8 Å². The van der Waals surface area contributed by atoms with Crippen molar-refractivity contribution in [3.8, 4) is 0 Å². The molecule has 0 aliphatic carbocycles. The zero-order chi connectivity index (χ0) is 20.8. The lowest BCUT2D eigenvalue weighted by Gasteiger charge is -2.42. The van der Waals surface area contributed by atoms with Gasteiger partial charge in [0, 0.05) is 34.9 Å². The fourth-order valence-corrected chi connectivity index (χ4v) is 4.45. The van der Waals surface area contributed by atoms with Gasteiger partial charge in [0.15, 0.2) is 5.69 Å². The Morgan fingerprint density at radius 1 is 1.43 bits per heavy atom. The van der Waals surface area contributed by atoms with Crippen LogP contribution in [0.3, 0.4) is 0 Å². The number of halogens is 1. The number of aromatic nitrogens is 1. The van der Waals surface area contributed by atoms with Crippen molar-refractivity contribution >= 4 is 35.3 Å². The Morgan fingerprint density at radius 2 is 2.14 bits per heavy atom. The fraction of sp³-hybridized carbons (Fsp3) is 0.588. The summed E-state index contributed by atoms with van der Waals surface area (Å²) in [4.78, 5) is 30.7. The third-order valence-electron chi connectivity index (χ3n) is 4.48. The molecule has 9 nitrogen and oxygen atoms in total. The largest absolute Gasteiger partial charge is 0.464 e. The zero-order valence-corrected chi connectivity index (χ0v) is 17.4. The maximum atomic E-state index is 12.0. The predicted octanol–water partition coefficient (Wildman–Crippen LogP) is 3.85. The molecule has 5 atom stereocenters. The molecule has 1 fully saturated rings. The number of hydrogen-bond donors (Lipinski definition) is 0. The summed E-state index contributed by atoms with van der Waals surface area (Å²) in [5.74, 6) is -1.38. The Bertz CT molecular complexity index is 789. The van der Waals surface area contributed by atoms with E-state index in [1.807, 2.05) is 13.8 Å². The Morgan fingerprint density at radius 3 is 2.75 bits per heavy atom. The van der Waals surface area contributed by atoms with Crippen LogP contribution in [-0.4, -0.2) is 48.2 Å². The van der Waals surface area contributed by atoms with Gasteiger partial charge in [0.2, 0.25) is 0 Å². The Labute approximate surface area is 171 Å². The first-order chi connectivity index (χ1) is 13.3. The van der Waals surface area contributed by atoms with Gasteiger partial charge in [0.05, 0.1) is 18.2 Å². The number of thioether (sulfide) groups is 1. The van der Waals surface area contributed by atoms with Crippen LogP contribution in [0.4, 0.5) is 0 Å². The highest BCUT2D eigenvalue weighted by Gasteiger charge is 2.42. The molecule has 1 aromatic rings. The molecular weight excluding hydrogens is 408 g/mol. The van der Waals surface area contributed by atoms with Gasteiger partial charge in [-0.1, -0.05) is 42.3 Å². The number of esters is 2. The van der Waals surface area contributed by atoms with Crippen LogP contribution >= 0.6 is 23.4 Å². The minimum absolute atomic E-state index is 0.0371. The van der Waals surface area contributed by atoms with Crippen LogP contribution in [0.5, 0.6) is 0 Å². The van der Waals surface area contributed by atoms with Crippen LogP contribution < -0.4 is 0 Å². The van der Waals surface area contributed by atoms with Gasteiger partial charge in [0.25, 0.3) is 0 Å². The molecule has 0 amide bonds. The number of carbonyl (C=O) groups excluding carboxylic acids is 2. The van der Waals surface area contributed by atoms with E-state index in [2.05, 4.69) is 15.0 Å². The molecule has 0 spiro atoms. The topological polar surface area (TPSA) is 123 Å². The maximum absolute atomic E-state index is 12.0. The summed E-state index contributed by atoms with van der Waals surface area (Å²) in [6, 6.07) is 1.22. The second kappa shape index (κ2) is 9.97. The first-order valence-corrected chi connectivity index (χ1v) is 9.77. The second-order valence-electron chi connectivity index (χ2n) is 6.37. The van der Waals surface area contributed by atoms with E-state index in [1.54, 1.807) is 6.07 Å². The first kappa shape index (κ1) is 22.3. The van der Waals surface area contributed by atoms with Gasteiger partial charge in [-0.05, 0) is 17.5 Å². The zero-order valence-electron chi connectivity index (χ0n) is 15.9. The summed E-state index contributed by atoms with van der Waals surface area (Å²) in [6.45, 7) is 5.12. The number of hydrogen-bond acceptors (Lipinski definition) is 8. The third kappa shape index (κ3) is 5.29. The Hall–Kier alpha value is -2.00. The highest BCUT2D eigenvalue weighted by Crippen LogP contribution is 2.41. The number of rotatable bonds is 6. The molecule has 152 valence electrons. The van der Waals surface area contributed by atoms with Gasteiger partial charge in [0.1, 0.15) is 12.0 Å². The first-order valence-electron chi connectivity index (χ1n) is 8.52. The van der Waals surface area contributed by atoms with Crippen molar-refractivity contribution in [1.82, 2.24) is 4.98 Å². The molecule has 2 heterocycles. The fourth-order valence-electron chi connectivity index (χ4n) is 2.96. The molecule has 1 aliphatic rings. The van der Waals surface area contributed by atoms with Gasteiger partial charge in [-0.25, -0.2) is 9.78 Å². The van der Waals surface area contributed by atoms with E-state index in [4.69, 9.17) is 31.3 Å². The summed E-state index contributed by atoms with van der Waals surface area (Å²) >= 11 is 7.27. The normalized spacial score (nSPS) is 26.8. The van der Waals surface area contributed by atoms with Gasteiger partial charge >= 0.3 is 11.9 Å². The van der Waals surface area contributed by atoms with Crippen LogP contribution in [0.2, 0.25) is 5.02 Å². The number of nitrogens with zero attached hydrogens (tertiary/aromatic N) is 4. The Kier molecular flexibility index (Phi) is 7.94. The third-order valence-corrected chi connectivity index (χ3v) is 6.02. The van der Waals surface area contributed by atoms with Crippen LogP contribution in [0, 0.1) is 11.8 Å². The Balaban J connectivity index is 2.32. The lowest BCUT2D eigenvalue weighted by molar-refractivity contribution is -0.153.